The molecule has 1 fully saturated rings. The Hall–Kier alpha value is -0.620. The van der Waals surface area contributed by atoms with Gasteiger partial charge in [0.2, 0.25) is 10.0 Å². The Balaban J connectivity index is 2.33. The first kappa shape index (κ1) is 14.4. The van der Waals surface area contributed by atoms with Gasteiger partial charge >= 0.3 is 5.97 Å². The normalized spacial score (nSPS) is 24.8. The van der Waals surface area contributed by atoms with Crippen molar-refractivity contribution in [2.24, 2.45) is 5.92 Å². The molecule has 2 atom stereocenters. The van der Waals surface area contributed by atoms with Crippen LogP contribution in [-0.2, 0) is 19.6 Å². The Labute approximate surface area is 103 Å². The molecule has 0 spiro atoms. The average molecular weight is 263 g/mol. The number of ether oxygens (including phenoxy) is 1. The van der Waals surface area contributed by atoms with Crippen LogP contribution in [0.4, 0.5) is 0 Å². The predicted molar refractivity (Wildman–Crippen MR) is 65.0 cm³/mol. The molecular weight excluding hydrogens is 242 g/mol. The van der Waals surface area contributed by atoms with Crippen molar-refractivity contribution in [2.45, 2.75) is 45.6 Å². The van der Waals surface area contributed by atoms with E-state index in [9.17, 15) is 13.2 Å². The van der Waals surface area contributed by atoms with Crippen molar-refractivity contribution in [1.29, 1.82) is 0 Å². The number of nitrogens with one attached hydrogen (secondary N) is 1. The standard InChI is InChI=1S/C11H21NO4S/c1-3-16-11(13)6-7-17(14,15)12-10-5-4-9(2)8-10/h9-10,12H,3-8H2,1-2H3. The lowest BCUT2D eigenvalue weighted by atomic mass is 10.1. The van der Waals surface area contributed by atoms with E-state index in [0.29, 0.717) is 5.92 Å². The summed E-state index contributed by atoms with van der Waals surface area (Å²) in [5.74, 6) is -0.0677. The van der Waals surface area contributed by atoms with Gasteiger partial charge in [0.15, 0.2) is 0 Å². The van der Waals surface area contributed by atoms with Gasteiger partial charge in [-0.25, -0.2) is 13.1 Å². The fourth-order valence-electron chi connectivity index (χ4n) is 2.08. The highest BCUT2D eigenvalue weighted by atomic mass is 32.2. The van der Waals surface area contributed by atoms with E-state index in [1.807, 2.05) is 0 Å². The Morgan fingerprint density at radius 1 is 1.41 bits per heavy atom. The summed E-state index contributed by atoms with van der Waals surface area (Å²) >= 11 is 0. The first-order chi connectivity index (χ1) is 7.93. The molecule has 0 radical (unpaired) electrons. The van der Waals surface area contributed by atoms with Crippen LogP contribution in [0.5, 0.6) is 0 Å². The summed E-state index contributed by atoms with van der Waals surface area (Å²) in [6.07, 6.45) is 2.76. The molecule has 6 heteroatoms. The Kier molecular flexibility index (Phi) is 5.39. The summed E-state index contributed by atoms with van der Waals surface area (Å²) < 4.78 is 30.7. The number of carbonyl (C=O) groups excluding carboxylic acids is 1. The highest BCUT2D eigenvalue weighted by Gasteiger charge is 2.25. The number of carbonyl (C=O) groups is 1. The van der Waals surface area contributed by atoms with Gasteiger partial charge in [0.1, 0.15) is 0 Å². The molecule has 0 bridgehead atoms. The molecule has 5 nitrogen and oxygen atoms in total. The number of hydrogen-bond donors (Lipinski definition) is 1. The summed E-state index contributed by atoms with van der Waals surface area (Å²) in [6.45, 7) is 4.10. The predicted octanol–water partition coefficient (Wildman–Crippen LogP) is 1.05. The van der Waals surface area contributed by atoms with Crippen LogP contribution in [0.15, 0.2) is 0 Å². The fraction of sp³-hybridized carbons (Fsp3) is 0.909. The highest BCUT2D eigenvalue weighted by Crippen LogP contribution is 2.25. The van der Waals surface area contributed by atoms with Crippen molar-refractivity contribution in [3.8, 4) is 0 Å². The van der Waals surface area contributed by atoms with Gasteiger partial charge in [0.05, 0.1) is 18.8 Å². The van der Waals surface area contributed by atoms with Crippen molar-refractivity contribution < 1.29 is 17.9 Å². The number of sulfonamides is 1. The molecule has 1 N–H and O–H groups in total. The van der Waals surface area contributed by atoms with E-state index in [2.05, 4.69) is 11.6 Å². The molecule has 0 aromatic heterocycles. The average Bonchev–Trinajstić information content (AvgIpc) is 2.61. The lowest BCUT2D eigenvalue weighted by molar-refractivity contribution is -0.142. The molecule has 0 aromatic rings. The van der Waals surface area contributed by atoms with Gasteiger partial charge < -0.3 is 4.74 Å². The van der Waals surface area contributed by atoms with Gasteiger partial charge in [-0.3, -0.25) is 4.79 Å². The van der Waals surface area contributed by atoms with E-state index >= 15 is 0 Å². The molecule has 1 saturated carbocycles. The number of hydrogen-bond acceptors (Lipinski definition) is 4. The summed E-state index contributed by atoms with van der Waals surface area (Å²) in [7, 11) is -3.35. The van der Waals surface area contributed by atoms with Crippen LogP contribution in [-0.4, -0.2) is 32.8 Å². The summed E-state index contributed by atoms with van der Waals surface area (Å²) in [5.41, 5.74) is 0. The summed E-state index contributed by atoms with van der Waals surface area (Å²) in [4.78, 5) is 11.1. The minimum absolute atomic E-state index is 0.0391. The van der Waals surface area contributed by atoms with E-state index in [-0.39, 0.29) is 24.8 Å². The van der Waals surface area contributed by atoms with Crippen LogP contribution in [0.1, 0.15) is 39.5 Å². The molecule has 0 aliphatic heterocycles. The van der Waals surface area contributed by atoms with Crippen LogP contribution < -0.4 is 4.72 Å². The van der Waals surface area contributed by atoms with Crippen molar-refractivity contribution >= 4 is 16.0 Å². The monoisotopic (exact) mass is 263 g/mol. The van der Waals surface area contributed by atoms with Gasteiger partial charge in [-0.1, -0.05) is 6.92 Å². The quantitative estimate of drug-likeness (QED) is 0.727. The Morgan fingerprint density at radius 3 is 2.65 bits per heavy atom. The third kappa shape index (κ3) is 5.50. The second kappa shape index (κ2) is 6.35. The minimum atomic E-state index is -3.35. The smallest absolute Gasteiger partial charge is 0.306 e. The van der Waals surface area contributed by atoms with E-state index in [1.165, 1.54) is 0 Å². The van der Waals surface area contributed by atoms with Gasteiger partial charge in [0.25, 0.3) is 0 Å². The molecule has 1 aliphatic carbocycles. The lowest BCUT2D eigenvalue weighted by Crippen LogP contribution is -2.35. The molecule has 0 saturated heterocycles. The van der Waals surface area contributed by atoms with E-state index in [0.717, 1.165) is 19.3 Å². The zero-order valence-electron chi connectivity index (χ0n) is 10.4. The van der Waals surface area contributed by atoms with Gasteiger partial charge in [-0.15, -0.1) is 0 Å². The maximum absolute atomic E-state index is 11.7. The molecule has 0 aromatic carbocycles. The van der Waals surface area contributed by atoms with Crippen LogP contribution in [0.3, 0.4) is 0 Å². The van der Waals surface area contributed by atoms with Crippen molar-refractivity contribution in [1.82, 2.24) is 4.72 Å². The van der Waals surface area contributed by atoms with Crippen LogP contribution in [0.25, 0.3) is 0 Å². The van der Waals surface area contributed by atoms with Crippen molar-refractivity contribution in [2.75, 3.05) is 12.4 Å². The third-order valence-electron chi connectivity index (χ3n) is 2.92. The van der Waals surface area contributed by atoms with Crippen molar-refractivity contribution in [3.63, 3.8) is 0 Å². The molecule has 0 heterocycles. The fourth-order valence-corrected chi connectivity index (χ4v) is 3.35. The van der Waals surface area contributed by atoms with E-state index in [4.69, 9.17) is 4.74 Å². The molecular formula is C11H21NO4S. The van der Waals surface area contributed by atoms with E-state index < -0.39 is 16.0 Å². The van der Waals surface area contributed by atoms with Crippen LogP contribution in [0.2, 0.25) is 0 Å². The molecule has 100 valence electrons. The Bertz CT molecular complexity index is 352. The second-order valence-electron chi connectivity index (χ2n) is 4.61. The van der Waals surface area contributed by atoms with Crippen LogP contribution in [0, 0.1) is 5.92 Å². The second-order valence-corrected chi connectivity index (χ2v) is 6.48. The summed E-state index contributed by atoms with van der Waals surface area (Å²) in [5, 5.41) is 0. The first-order valence-corrected chi connectivity index (χ1v) is 7.74. The maximum Gasteiger partial charge on any atom is 0.306 e. The van der Waals surface area contributed by atoms with Gasteiger partial charge in [0, 0.05) is 6.04 Å². The number of rotatable bonds is 6. The van der Waals surface area contributed by atoms with Crippen molar-refractivity contribution in [3.05, 3.63) is 0 Å². The largest absolute Gasteiger partial charge is 0.466 e. The first-order valence-electron chi connectivity index (χ1n) is 6.08. The SMILES string of the molecule is CCOC(=O)CCS(=O)(=O)NC1CCC(C)C1. The minimum Gasteiger partial charge on any atom is -0.466 e. The molecule has 0 amide bonds. The van der Waals surface area contributed by atoms with Gasteiger partial charge in [-0.2, -0.15) is 0 Å². The zero-order chi connectivity index (χ0) is 12.9. The lowest BCUT2D eigenvalue weighted by Gasteiger charge is -2.12. The maximum atomic E-state index is 11.7. The molecule has 1 rings (SSSR count). The summed E-state index contributed by atoms with van der Waals surface area (Å²) in [6, 6.07) is 0.0391. The molecule has 1 aliphatic rings. The van der Waals surface area contributed by atoms with E-state index in [1.54, 1.807) is 6.92 Å². The highest BCUT2D eigenvalue weighted by molar-refractivity contribution is 7.89. The van der Waals surface area contributed by atoms with Crippen LogP contribution >= 0.6 is 0 Å². The van der Waals surface area contributed by atoms with Gasteiger partial charge in [-0.05, 0) is 32.1 Å². The molecule has 17 heavy (non-hydrogen) atoms. The zero-order valence-corrected chi connectivity index (χ0v) is 11.3. The topological polar surface area (TPSA) is 72.5 Å². The third-order valence-corrected chi connectivity index (χ3v) is 4.36. The Morgan fingerprint density at radius 2 is 2.12 bits per heavy atom. The number of esters is 1. The molecule has 2 unspecified atom stereocenters.